The van der Waals surface area contributed by atoms with E-state index in [4.69, 9.17) is 5.73 Å². The van der Waals surface area contributed by atoms with Crippen LogP contribution in [-0.2, 0) is 6.42 Å². The number of rotatable bonds is 17. The Morgan fingerprint density at radius 2 is 1.33 bits per heavy atom. The van der Waals surface area contributed by atoms with Gasteiger partial charge in [0, 0.05) is 6.42 Å². The number of hydrogen-bond acceptors (Lipinski definition) is 3. The Kier molecular flexibility index (Phi) is 11.9. The van der Waals surface area contributed by atoms with Crippen molar-refractivity contribution in [3.05, 3.63) is 30.1 Å². The molecule has 4 N–H and O–H groups in total. The molecule has 2 rings (SSSR count). The summed E-state index contributed by atoms with van der Waals surface area (Å²) in [6, 6.07) is 8.25. The third-order valence-corrected chi connectivity index (χ3v) is 5.26. The molecule has 1 aromatic carbocycles. The second-order valence-corrected chi connectivity index (χ2v) is 7.73. The summed E-state index contributed by atoms with van der Waals surface area (Å²) in [7, 11) is 0. The minimum Gasteiger partial charge on any atom is -0.342 e. The van der Waals surface area contributed by atoms with Crippen molar-refractivity contribution in [2.45, 2.75) is 83.5 Å². The number of para-hydroxylation sites is 2. The van der Waals surface area contributed by atoms with Crippen LogP contribution in [0, 0.1) is 0 Å². The summed E-state index contributed by atoms with van der Waals surface area (Å²) in [6.45, 7) is 3.10. The summed E-state index contributed by atoms with van der Waals surface area (Å²) < 4.78 is 0. The Bertz CT molecular complexity index is 560. The lowest BCUT2D eigenvalue weighted by Gasteiger charge is -2.05. The van der Waals surface area contributed by atoms with Crippen LogP contribution in [0.4, 0.5) is 0 Å². The molecule has 1 heterocycles. The van der Waals surface area contributed by atoms with Gasteiger partial charge in [-0.3, -0.25) is 0 Å². The highest BCUT2D eigenvalue weighted by molar-refractivity contribution is 5.74. The molecule has 0 amide bonds. The lowest BCUT2D eigenvalue weighted by molar-refractivity contribution is 0.535. The van der Waals surface area contributed by atoms with E-state index in [0.717, 1.165) is 49.3 Å². The first-order valence-electron chi connectivity index (χ1n) is 11.2. The van der Waals surface area contributed by atoms with Gasteiger partial charge in [-0.15, -0.1) is 0 Å². The summed E-state index contributed by atoms with van der Waals surface area (Å²) in [4.78, 5) is 8.04. The van der Waals surface area contributed by atoms with Gasteiger partial charge in [0.1, 0.15) is 5.82 Å². The smallest absolute Gasteiger partial charge is 0.107 e. The number of aromatic amines is 1. The van der Waals surface area contributed by atoms with E-state index >= 15 is 0 Å². The van der Waals surface area contributed by atoms with Crippen LogP contribution in [0.5, 0.6) is 0 Å². The fourth-order valence-electron chi connectivity index (χ4n) is 3.62. The molecule has 0 fully saturated rings. The fourth-order valence-corrected chi connectivity index (χ4v) is 3.62. The molecule has 1 aromatic heterocycles. The predicted octanol–water partition coefficient (Wildman–Crippen LogP) is 5.33. The average Bonchev–Trinajstić information content (AvgIpc) is 3.10. The first-order valence-corrected chi connectivity index (χ1v) is 11.2. The Morgan fingerprint density at radius 1 is 0.741 bits per heavy atom. The Morgan fingerprint density at radius 3 is 2.00 bits per heavy atom. The minimum absolute atomic E-state index is 0.857. The number of aromatic nitrogens is 2. The zero-order valence-corrected chi connectivity index (χ0v) is 17.1. The van der Waals surface area contributed by atoms with E-state index in [1.165, 1.54) is 70.6 Å². The first kappa shape index (κ1) is 21.9. The SMILES string of the molecule is NCCCCCCCCCCCCCNCCCc1nc2ccccc2[nH]1. The van der Waals surface area contributed by atoms with Crippen molar-refractivity contribution < 1.29 is 0 Å². The van der Waals surface area contributed by atoms with Crippen molar-refractivity contribution in [3.8, 4) is 0 Å². The van der Waals surface area contributed by atoms with Crippen molar-refractivity contribution in [2.75, 3.05) is 19.6 Å². The third-order valence-electron chi connectivity index (χ3n) is 5.26. The van der Waals surface area contributed by atoms with E-state index in [-0.39, 0.29) is 0 Å². The van der Waals surface area contributed by atoms with Crippen LogP contribution in [0.2, 0.25) is 0 Å². The Balaban J connectivity index is 1.32. The van der Waals surface area contributed by atoms with Gasteiger partial charge < -0.3 is 16.0 Å². The van der Waals surface area contributed by atoms with Gasteiger partial charge in [-0.2, -0.15) is 0 Å². The average molecular weight is 373 g/mol. The molecule has 0 aliphatic carbocycles. The molecule has 0 spiro atoms. The van der Waals surface area contributed by atoms with Crippen molar-refractivity contribution in [1.82, 2.24) is 15.3 Å². The number of nitrogens with zero attached hydrogens (tertiary/aromatic N) is 1. The van der Waals surface area contributed by atoms with Crippen molar-refractivity contribution in [1.29, 1.82) is 0 Å². The molecule has 0 radical (unpaired) electrons. The Hall–Kier alpha value is -1.39. The van der Waals surface area contributed by atoms with E-state index in [9.17, 15) is 0 Å². The zero-order chi connectivity index (χ0) is 19.0. The van der Waals surface area contributed by atoms with Gasteiger partial charge in [-0.1, -0.05) is 69.9 Å². The van der Waals surface area contributed by atoms with Gasteiger partial charge in [-0.25, -0.2) is 4.98 Å². The molecule has 27 heavy (non-hydrogen) atoms. The predicted molar refractivity (Wildman–Crippen MR) is 117 cm³/mol. The summed E-state index contributed by atoms with van der Waals surface area (Å²) in [6.07, 6.45) is 17.2. The number of aryl methyl sites for hydroxylation is 1. The highest BCUT2D eigenvalue weighted by atomic mass is 14.9. The van der Waals surface area contributed by atoms with E-state index in [1.807, 2.05) is 6.07 Å². The lowest BCUT2D eigenvalue weighted by Crippen LogP contribution is -2.17. The number of benzene rings is 1. The molecular formula is C23H40N4. The molecule has 152 valence electrons. The zero-order valence-electron chi connectivity index (χ0n) is 17.1. The van der Waals surface area contributed by atoms with Crippen molar-refractivity contribution >= 4 is 11.0 Å². The van der Waals surface area contributed by atoms with Gasteiger partial charge >= 0.3 is 0 Å². The minimum atomic E-state index is 0.857. The van der Waals surface area contributed by atoms with E-state index in [1.54, 1.807) is 0 Å². The third kappa shape index (κ3) is 9.92. The van der Waals surface area contributed by atoms with Gasteiger partial charge in [0.2, 0.25) is 0 Å². The molecular weight excluding hydrogens is 332 g/mol. The van der Waals surface area contributed by atoms with Crippen LogP contribution in [0.25, 0.3) is 11.0 Å². The maximum atomic E-state index is 5.51. The van der Waals surface area contributed by atoms with Gasteiger partial charge in [0.25, 0.3) is 0 Å². The molecule has 2 aromatic rings. The van der Waals surface area contributed by atoms with E-state index in [2.05, 4.69) is 33.5 Å². The summed E-state index contributed by atoms with van der Waals surface area (Å²) in [5, 5.41) is 3.57. The molecule has 0 aliphatic rings. The number of fused-ring (bicyclic) bond motifs is 1. The van der Waals surface area contributed by atoms with Crippen LogP contribution in [0.3, 0.4) is 0 Å². The van der Waals surface area contributed by atoms with Gasteiger partial charge in [0.05, 0.1) is 11.0 Å². The summed E-state index contributed by atoms with van der Waals surface area (Å²) in [5.41, 5.74) is 7.73. The van der Waals surface area contributed by atoms with Gasteiger partial charge in [0.15, 0.2) is 0 Å². The Labute approximate surface area is 165 Å². The molecule has 4 heteroatoms. The van der Waals surface area contributed by atoms with Crippen molar-refractivity contribution in [3.63, 3.8) is 0 Å². The number of hydrogen-bond donors (Lipinski definition) is 3. The number of nitrogens with one attached hydrogen (secondary N) is 2. The number of imidazole rings is 1. The van der Waals surface area contributed by atoms with Crippen LogP contribution in [0.1, 0.15) is 82.9 Å². The first-order chi connectivity index (χ1) is 13.4. The molecule has 0 unspecified atom stereocenters. The second kappa shape index (κ2) is 14.6. The molecule has 4 nitrogen and oxygen atoms in total. The highest BCUT2D eigenvalue weighted by Crippen LogP contribution is 2.12. The standard InChI is InChI=1S/C23H40N4/c24-18-12-8-6-4-2-1-3-5-7-9-13-19-25-20-14-17-23-26-21-15-10-11-16-22(21)27-23/h10-11,15-16,25H,1-9,12-14,17-20,24H2,(H,26,27). The van der Waals surface area contributed by atoms with Crippen LogP contribution < -0.4 is 11.1 Å². The van der Waals surface area contributed by atoms with Crippen LogP contribution in [-0.4, -0.2) is 29.6 Å². The number of unbranched alkanes of at least 4 members (excludes halogenated alkanes) is 10. The van der Waals surface area contributed by atoms with Crippen LogP contribution >= 0.6 is 0 Å². The lowest BCUT2D eigenvalue weighted by atomic mass is 10.1. The molecule has 0 saturated heterocycles. The monoisotopic (exact) mass is 372 g/mol. The normalized spacial score (nSPS) is 11.4. The molecule has 0 atom stereocenters. The summed E-state index contributed by atoms with van der Waals surface area (Å²) >= 11 is 0. The van der Waals surface area contributed by atoms with E-state index < -0.39 is 0 Å². The molecule has 0 aliphatic heterocycles. The maximum absolute atomic E-state index is 5.51. The van der Waals surface area contributed by atoms with Crippen molar-refractivity contribution in [2.24, 2.45) is 5.73 Å². The quantitative estimate of drug-likeness (QED) is 0.329. The maximum Gasteiger partial charge on any atom is 0.107 e. The van der Waals surface area contributed by atoms with Gasteiger partial charge in [-0.05, 0) is 51.0 Å². The highest BCUT2D eigenvalue weighted by Gasteiger charge is 2.01. The van der Waals surface area contributed by atoms with E-state index in [0.29, 0.717) is 0 Å². The fraction of sp³-hybridized carbons (Fsp3) is 0.696. The van der Waals surface area contributed by atoms with Crippen LogP contribution in [0.15, 0.2) is 24.3 Å². The number of H-pyrrole nitrogens is 1. The largest absolute Gasteiger partial charge is 0.342 e. The number of nitrogens with two attached hydrogens (primary N) is 1. The molecule has 0 bridgehead atoms. The topological polar surface area (TPSA) is 66.7 Å². The molecule has 0 saturated carbocycles. The second-order valence-electron chi connectivity index (χ2n) is 7.73. The summed E-state index contributed by atoms with van der Waals surface area (Å²) in [5.74, 6) is 1.11.